The van der Waals surface area contributed by atoms with Gasteiger partial charge >= 0.3 is 0 Å². The topological polar surface area (TPSA) is 24.9 Å². The van der Waals surface area contributed by atoms with Crippen LogP contribution in [0.15, 0.2) is 22.9 Å². The van der Waals surface area contributed by atoms with E-state index in [-0.39, 0.29) is 0 Å². The summed E-state index contributed by atoms with van der Waals surface area (Å²) in [6, 6.07) is 2.56. The average Bonchev–Trinajstić information content (AvgIpc) is 2.24. The number of nitrogens with one attached hydrogen (secondary N) is 1. The third-order valence-corrected chi connectivity index (χ3v) is 4.60. The van der Waals surface area contributed by atoms with Crippen LogP contribution in [0.25, 0.3) is 5.57 Å². The Morgan fingerprint density at radius 2 is 2.38 bits per heavy atom. The van der Waals surface area contributed by atoms with Crippen LogP contribution in [0.3, 0.4) is 0 Å². The number of aromatic nitrogens is 1. The van der Waals surface area contributed by atoms with Gasteiger partial charge in [-0.2, -0.15) is 0 Å². The molecule has 2 nitrogen and oxygen atoms in total. The summed E-state index contributed by atoms with van der Waals surface area (Å²) in [7, 11) is 0. The molecule has 1 aliphatic heterocycles. The highest BCUT2D eigenvalue weighted by molar-refractivity contribution is 9.10. The Labute approximate surface area is 108 Å². The molecule has 2 aliphatic rings. The normalized spacial score (nSPS) is 28.0. The van der Waals surface area contributed by atoms with E-state index in [1.54, 1.807) is 0 Å². The predicted octanol–water partition coefficient (Wildman–Crippen LogP) is 3.26. The number of halogens is 2. The minimum atomic E-state index is 0.575. The van der Waals surface area contributed by atoms with Crippen molar-refractivity contribution >= 4 is 33.1 Å². The summed E-state index contributed by atoms with van der Waals surface area (Å²) in [5.74, 6) is 0.850. The molecule has 0 saturated carbocycles. The maximum atomic E-state index is 6.06. The molecule has 2 heterocycles. The Kier molecular flexibility index (Phi) is 2.78. The van der Waals surface area contributed by atoms with Crippen LogP contribution in [0.4, 0.5) is 0 Å². The number of hydrogen-bond donors (Lipinski definition) is 1. The molecule has 1 N–H and O–H groups in total. The van der Waals surface area contributed by atoms with Gasteiger partial charge in [0, 0.05) is 18.8 Å². The highest BCUT2D eigenvalue weighted by atomic mass is 79.9. The standard InChI is InChI=1S/C12H12BrClN2/c13-12-10(14)3-9(6-16-12)7-1-2-8-5-15-11(8)4-7/h3-4,6,8,11,15H,1-2,5H2/t8-,11-/m1/s1. The molecule has 0 bridgehead atoms. The SMILES string of the molecule is Clc1cc(C2=C[C@H]3NC[C@H]3CC2)cnc1Br. The Bertz CT molecular complexity index is 458. The molecule has 0 amide bonds. The largest absolute Gasteiger partial charge is 0.310 e. The van der Waals surface area contributed by atoms with E-state index in [0.717, 1.165) is 17.9 Å². The number of hydrogen-bond acceptors (Lipinski definition) is 2. The quantitative estimate of drug-likeness (QED) is 0.805. The second kappa shape index (κ2) is 4.13. The van der Waals surface area contributed by atoms with E-state index in [4.69, 9.17) is 11.6 Å². The second-order valence-corrected chi connectivity index (χ2v) is 5.58. The Morgan fingerprint density at radius 3 is 3.00 bits per heavy atom. The van der Waals surface area contributed by atoms with Gasteiger partial charge in [-0.05, 0) is 51.9 Å². The summed E-state index contributed by atoms with van der Waals surface area (Å²) in [4.78, 5) is 4.24. The lowest BCUT2D eigenvalue weighted by atomic mass is 9.79. The molecular formula is C12H12BrClN2. The number of pyridine rings is 1. The Hall–Kier alpha value is -0.380. The molecule has 0 unspecified atom stereocenters. The highest BCUT2D eigenvalue weighted by Crippen LogP contribution is 2.35. The van der Waals surface area contributed by atoms with E-state index in [9.17, 15) is 0 Å². The Balaban J connectivity index is 1.91. The molecule has 0 radical (unpaired) electrons. The van der Waals surface area contributed by atoms with Gasteiger partial charge in [-0.3, -0.25) is 0 Å². The monoisotopic (exact) mass is 298 g/mol. The first-order valence-electron chi connectivity index (χ1n) is 5.49. The van der Waals surface area contributed by atoms with Crippen LogP contribution in [0.2, 0.25) is 5.02 Å². The van der Waals surface area contributed by atoms with E-state index in [0.29, 0.717) is 15.7 Å². The van der Waals surface area contributed by atoms with Crippen LogP contribution < -0.4 is 5.32 Å². The number of nitrogens with zero attached hydrogens (tertiary/aromatic N) is 1. The lowest BCUT2D eigenvalue weighted by Crippen LogP contribution is -2.52. The first-order chi connectivity index (χ1) is 7.74. The van der Waals surface area contributed by atoms with Crippen LogP contribution in [0.1, 0.15) is 18.4 Å². The smallest absolute Gasteiger partial charge is 0.124 e. The molecule has 16 heavy (non-hydrogen) atoms. The van der Waals surface area contributed by atoms with Gasteiger partial charge < -0.3 is 5.32 Å². The van der Waals surface area contributed by atoms with Crippen molar-refractivity contribution in [3.05, 3.63) is 33.5 Å². The van der Waals surface area contributed by atoms with Gasteiger partial charge in [0.1, 0.15) is 4.60 Å². The van der Waals surface area contributed by atoms with Crippen molar-refractivity contribution in [3.8, 4) is 0 Å². The fourth-order valence-corrected chi connectivity index (χ4v) is 2.76. The van der Waals surface area contributed by atoms with Gasteiger partial charge in [-0.25, -0.2) is 4.98 Å². The van der Waals surface area contributed by atoms with Gasteiger partial charge in [-0.15, -0.1) is 0 Å². The number of rotatable bonds is 1. The lowest BCUT2D eigenvalue weighted by Gasteiger charge is -2.40. The maximum absolute atomic E-state index is 6.06. The summed E-state index contributed by atoms with van der Waals surface area (Å²) in [6.45, 7) is 1.17. The molecule has 1 fully saturated rings. The third kappa shape index (κ3) is 1.81. The first-order valence-corrected chi connectivity index (χ1v) is 6.66. The van der Waals surface area contributed by atoms with E-state index >= 15 is 0 Å². The zero-order valence-electron chi connectivity index (χ0n) is 8.71. The minimum Gasteiger partial charge on any atom is -0.310 e. The minimum absolute atomic E-state index is 0.575. The van der Waals surface area contributed by atoms with Crippen molar-refractivity contribution in [2.45, 2.75) is 18.9 Å². The third-order valence-electron chi connectivity index (χ3n) is 3.46. The van der Waals surface area contributed by atoms with Gasteiger partial charge in [0.2, 0.25) is 0 Å². The van der Waals surface area contributed by atoms with E-state index < -0.39 is 0 Å². The predicted molar refractivity (Wildman–Crippen MR) is 69.4 cm³/mol. The molecule has 3 rings (SSSR count). The maximum Gasteiger partial charge on any atom is 0.124 e. The summed E-state index contributed by atoms with van der Waals surface area (Å²) in [6.07, 6.45) is 6.64. The lowest BCUT2D eigenvalue weighted by molar-refractivity contribution is 0.256. The summed E-state index contributed by atoms with van der Waals surface area (Å²) in [5.41, 5.74) is 2.52. The Morgan fingerprint density at radius 1 is 1.50 bits per heavy atom. The highest BCUT2D eigenvalue weighted by Gasteiger charge is 2.31. The molecular weight excluding hydrogens is 288 g/mol. The summed E-state index contributed by atoms with van der Waals surface area (Å²) in [5, 5.41) is 4.12. The van der Waals surface area contributed by atoms with Crippen LogP contribution >= 0.6 is 27.5 Å². The van der Waals surface area contributed by atoms with Crippen molar-refractivity contribution < 1.29 is 0 Å². The molecule has 84 valence electrons. The summed E-state index contributed by atoms with van der Waals surface area (Å²) >= 11 is 9.37. The van der Waals surface area contributed by atoms with Gasteiger partial charge in [0.05, 0.1) is 5.02 Å². The molecule has 1 saturated heterocycles. The second-order valence-electron chi connectivity index (χ2n) is 4.42. The van der Waals surface area contributed by atoms with E-state index in [1.165, 1.54) is 18.5 Å². The first kappa shape index (κ1) is 10.8. The molecule has 4 heteroatoms. The van der Waals surface area contributed by atoms with E-state index in [2.05, 4.69) is 32.3 Å². The van der Waals surface area contributed by atoms with Crippen LogP contribution in [-0.2, 0) is 0 Å². The molecule has 2 atom stereocenters. The fourth-order valence-electron chi connectivity index (χ4n) is 2.38. The molecule has 0 spiro atoms. The van der Waals surface area contributed by atoms with Gasteiger partial charge in [-0.1, -0.05) is 17.7 Å². The average molecular weight is 300 g/mol. The van der Waals surface area contributed by atoms with Gasteiger partial charge in [0.25, 0.3) is 0 Å². The molecule has 1 aromatic rings. The molecule has 1 aromatic heterocycles. The number of allylic oxidation sites excluding steroid dienone is 1. The zero-order valence-corrected chi connectivity index (χ0v) is 11.1. The van der Waals surface area contributed by atoms with E-state index in [1.807, 2.05) is 12.3 Å². The van der Waals surface area contributed by atoms with Crippen LogP contribution in [0.5, 0.6) is 0 Å². The fraction of sp³-hybridized carbons (Fsp3) is 0.417. The van der Waals surface area contributed by atoms with Crippen molar-refractivity contribution in [2.24, 2.45) is 5.92 Å². The van der Waals surface area contributed by atoms with Crippen LogP contribution in [-0.4, -0.2) is 17.6 Å². The summed E-state index contributed by atoms with van der Waals surface area (Å²) < 4.78 is 0.717. The van der Waals surface area contributed by atoms with Gasteiger partial charge in [0.15, 0.2) is 0 Å². The number of fused-ring (bicyclic) bond motifs is 1. The molecule has 1 aliphatic carbocycles. The zero-order chi connectivity index (χ0) is 11.1. The van der Waals surface area contributed by atoms with Crippen molar-refractivity contribution in [1.29, 1.82) is 0 Å². The molecule has 0 aromatic carbocycles. The van der Waals surface area contributed by atoms with Crippen molar-refractivity contribution in [1.82, 2.24) is 10.3 Å². The van der Waals surface area contributed by atoms with Crippen LogP contribution in [0, 0.1) is 5.92 Å². The van der Waals surface area contributed by atoms with Crippen molar-refractivity contribution in [3.63, 3.8) is 0 Å². The van der Waals surface area contributed by atoms with Crippen molar-refractivity contribution in [2.75, 3.05) is 6.54 Å².